The van der Waals surface area contributed by atoms with Gasteiger partial charge in [0.1, 0.15) is 10.7 Å². The predicted octanol–water partition coefficient (Wildman–Crippen LogP) is 1.88. The molecule has 2 amide bonds. The number of thiazole rings is 1. The Balaban J connectivity index is 2.03. The first-order valence-corrected chi connectivity index (χ1v) is 8.33. The zero-order chi connectivity index (χ0) is 17.5. The van der Waals surface area contributed by atoms with Crippen molar-refractivity contribution in [1.29, 1.82) is 0 Å². The fourth-order valence-electron chi connectivity index (χ4n) is 1.84. The number of anilines is 1. The Hall–Kier alpha value is -2.00. The van der Waals surface area contributed by atoms with Crippen LogP contribution in [0.2, 0.25) is 5.02 Å². The average molecular weight is 369 g/mol. The van der Waals surface area contributed by atoms with E-state index in [4.69, 9.17) is 22.1 Å². The standard InChI is InChI=1S/C15H17ClN4O3S/c1-23-5-4-18-14(21)10-3-2-9(6-11(10)16)19-15(22)12-8-24-13(7-17)20-12/h2-3,6,8H,4-5,7,17H2,1H3,(H,18,21)(H,19,22). The first kappa shape index (κ1) is 18.3. The van der Waals surface area contributed by atoms with E-state index in [1.807, 2.05) is 0 Å². The quantitative estimate of drug-likeness (QED) is 0.647. The third kappa shape index (κ3) is 4.75. The molecule has 0 bridgehead atoms. The van der Waals surface area contributed by atoms with Crippen LogP contribution in [0.4, 0.5) is 5.69 Å². The van der Waals surface area contributed by atoms with Crippen molar-refractivity contribution in [3.63, 3.8) is 0 Å². The van der Waals surface area contributed by atoms with Crippen molar-refractivity contribution >= 4 is 40.4 Å². The number of carbonyl (C=O) groups excluding carboxylic acids is 2. The molecule has 2 aromatic rings. The number of hydrogen-bond acceptors (Lipinski definition) is 6. The molecule has 1 aromatic heterocycles. The SMILES string of the molecule is COCCNC(=O)c1ccc(NC(=O)c2csc(CN)n2)cc1Cl. The van der Waals surface area contributed by atoms with Gasteiger partial charge in [-0.05, 0) is 18.2 Å². The first-order valence-electron chi connectivity index (χ1n) is 7.07. The van der Waals surface area contributed by atoms with Crippen molar-refractivity contribution < 1.29 is 14.3 Å². The molecule has 0 saturated heterocycles. The molecule has 9 heteroatoms. The second-order valence-corrected chi connectivity index (χ2v) is 6.08. The summed E-state index contributed by atoms with van der Waals surface area (Å²) in [5, 5.41) is 7.92. The van der Waals surface area contributed by atoms with E-state index in [1.165, 1.54) is 17.4 Å². The maximum absolute atomic E-state index is 12.1. The van der Waals surface area contributed by atoms with Gasteiger partial charge in [0, 0.05) is 31.3 Å². The molecule has 0 unspecified atom stereocenters. The topological polar surface area (TPSA) is 106 Å². The van der Waals surface area contributed by atoms with Crippen LogP contribution < -0.4 is 16.4 Å². The number of halogens is 1. The molecule has 0 aliphatic carbocycles. The number of aromatic nitrogens is 1. The number of benzene rings is 1. The molecule has 4 N–H and O–H groups in total. The Morgan fingerprint density at radius 3 is 2.79 bits per heavy atom. The molecule has 7 nitrogen and oxygen atoms in total. The normalized spacial score (nSPS) is 10.5. The molecule has 24 heavy (non-hydrogen) atoms. The van der Waals surface area contributed by atoms with Crippen molar-refractivity contribution in [2.75, 3.05) is 25.6 Å². The Morgan fingerprint density at radius 1 is 1.38 bits per heavy atom. The summed E-state index contributed by atoms with van der Waals surface area (Å²) >= 11 is 7.44. The van der Waals surface area contributed by atoms with Crippen LogP contribution >= 0.6 is 22.9 Å². The minimum absolute atomic E-state index is 0.239. The van der Waals surface area contributed by atoms with Gasteiger partial charge < -0.3 is 21.1 Å². The smallest absolute Gasteiger partial charge is 0.275 e. The van der Waals surface area contributed by atoms with Gasteiger partial charge in [-0.3, -0.25) is 9.59 Å². The molecular weight excluding hydrogens is 352 g/mol. The lowest BCUT2D eigenvalue weighted by molar-refractivity contribution is 0.0936. The number of nitrogens with one attached hydrogen (secondary N) is 2. The van der Waals surface area contributed by atoms with Crippen molar-refractivity contribution in [3.05, 3.63) is 44.9 Å². The van der Waals surface area contributed by atoms with Crippen LogP contribution in [-0.2, 0) is 11.3 Å². The van der Waals surface area contributed by atoms with E-state index in [9.17, 15) is 9.59 Å². The van der Waals surface area contributed by atoms with Crippen LogP contribution in [0.15, 0.2) is 23.6 Å². The van der Waals surface area contributed by atoms with E-state index in [0.29, 0.717) is 29.4 Å². The van der Waals surface area contributed by atoms with Gasteiger partial charge in [-0.25, -0.2) is 4.98 Å². The van der Waals surface area contributed by atoms with E-state index in [1.54, 1.807) is 24.6 Å². The summed E-state index contributed by atoms with van der Waals surface area (Å²) in [5.74, 6) is -0.665. The van der Waals surface area contributed by atoms with Gasteiger partial charge >= 0.3 is 0 Å². The number of hydrogen-bond donors (Lipinski definition) is 3. The molecule has 0 aliphatic heterocycles. The van der Waals surface area contributed by atoms with Crippen LogP contribution in [0.25, 0.3) is 0 Å². The van der Waals surface area contributed by atoms with E-state index in [0.717, 1.165) is 0 Å². The summed E-state index contributed by atoms with van der Waals surface area (Å²) in [6.07, 6.45) is 0. The van der Waals surface area contributed by atoms with Gasteiger partial charge in [0.05, 0.1) is 17.2 Å². The molecule has 0 atom stereocenters. The Morgan fingerprint density at radius 2 is 2.17 bits per heavy atom. The molecule has 0 aliphatic rings. The van der Waals surface area contributed by atoms with Crippen LogP contribution in [0.1, 0.15) is 25.9 Å². The molecule has 128 valence electrons. The molecule has 1 aromatic carbocycles. The van der Waals surface area contributed by atoms with Gasteiger partial charge in [-0.15, -0.1) is 11.3 Å². The molecule has 0 fully saturated rings. The summed E-state index contributed by atoms with van der Waals surface area (Å²) < 4.78 is 4.86. The van der Waals surface area contributed by atoms with Crippen LogP contribution in [0, 0.1) is 0 Å². The molecule has 0 radical (unpaired) electrons. The summed E-state index contributed by atoms with van der Waals surface area (Å²) in [5.41, 5.74) is 6.56. The van der Waals surface area contributed by atoms with Crippen molar-refractivity contribution in [1.82, 2.24) is 10.3 Å². The summed E-state index contributed by atoms with van der Waals surface area (Å²) in [6.45, 7) is 1.09. The van der Waals surface area contributed by atoms with E-state index < -0.39 is 0 Å². The van der Waals surface area contributed by atoms with E-state index in [2.05, 4.69) is 15.6 Å². The fourth-order valence-corrected chi connectivity index (χ4v) is 2.76. The highest BCUT2D eigenvalue weighted by molar-refractivity contribution is 7.09. The third-order valence-corrected chi connectivity index (χ3v) is 4.21. The Bertz CT molecular complexity index is 735. The number of nitrogens with two attached hydrogens (primary N) is 1. The lowest BCUT2D eigenvalue weighted by Crippen LogP contribution is -2.27. The highest BCUT2D eigenvalue weighted by atomic mass is 35.5. The first-order chi connectivity index (χ1) is 11.5. The summed E-state index contributed by atoms with van der Waals surface area (Å²) in [6, 6.07) is 4.67. The van der Waals surface area contributed by atoms with Gasteiger partial charge in [0.2, 0.25) is 0 Å². The number of methoxy groups -OCH3 is 1. The predicted molar refractivity (Wildman–Crippen MR) is 93.6 cm³/mol. The van der Waals surface area contributed by atoms with Gasteiger partial charge in [0.25, 0.3) is 11.8 Å². The number of carbonyl (C=O) groups is 2. The largest absolute Gasteiger partial charge is 0.383 e. The van der Waals surface area contributed by atoms with Crippen molar-refractivity contribution in [3.8, 4) is 0 Å². The average Bonchev–Trinajstić information content (AvgIpc) is 3.04. The molecule has 0 saturated carbocycles. The van der Waals surface area contributed by atoms with Gasteiger partial charge in [0.15, 0.2) is 0 Å². The summed E-state index contributed by atoms with van der Waals surface area (Å²) in [7, 11) is 1.55. The van der Waals surface area contributed by atoms with Crippen molar-refractivity contribution in [2.24, 2.45) is 5.73 Å². The molecular formula is C15H17ClN4O3S. The second kappa shape index (κ2) is 8.74. The van der Waals surface area contributed by atoms with E-state index >= 15 is 0 Å². The lowest BCUT2D eigenvalue weighted by Gasteiger charge is -2.09. The Kier molecular flexibility index (Phi) is 6.68. The van der Waals surface area contributed by atoms with Crippen LogP contribution in [0.5, 0.6) is 0 Å². The van der Waals surface area contributed by atoms with Crippen LogP contribution in [0.3, 0.4) is 0 Å². The zero-order valence-electron chi connectivity index (χ0n) is 13.0. The fraction of sp³-hybridized carbons (Fsp3) is 0.267. The number of rotatable bonds is 7. The maximum atomic E-state index is 12.1. The molecule has 1 heterocycles. The van der Waals surface area contributed by atoms with Gasteiger partial charge in [-0.1, -0.05) is 11.6 Å². The number of amides is 2. The highest BCUT2D eigenvalue weighted by Gasteiger charge is 2.14. The highest BCUT2D eigenvalue weighted by Crippen LogP contribution is 2.21. The summed E-state index contributed by atoms with van der Waals surface area (Å²) in [4.78, 5) is 28.2. The minimum atomic E-state index is -0.362. The zero-order valence-corrected chi connectivity index (χ0v) is 14.5. The third-order valence-electron chi connectivity index (χ3n) is 3.02. The molecule has 2 rings (SSSR count). The number of ether oxygens (including phenoxy) is 1. The van der Waals surface area contributed by atoms with Crippen LogP contribution in [-0.4, -0.2) is 37.1 Å². The lowest BCUT2D eigenvalue weighted by atomic mass is 10.2. The van der Waals surface area contributed by atoms with Gasteiger partial charge in [-0.2, -0.15) is 0 Å². The monoisotopic (exact) mass is 368 g/mol. The minimum Gasteiger partial charge on any atom is -0.383 e. The second-order valence-electron chi connectivity index (χ2n) is 4.73. The molecule has 0 spiro atoms. The maximum Gasteiger partial charge on any atom is 0.275 e. The number of nitrogens with zero attached hydrogens (tertiary/aromatic N) is 1. The Labute approximate surface area is 148 Å². The van der Waals surface area contributed by atoms with E-state index in [-0.39, 0.29) is 29.1 Å². The van der Waals surface area contributed by atoms with Crippen molar-refractivity contribution in [2.45, 2.75) is 6.54 Å².